The van der Waals surface area contributed by atoms with Crippen LogP contribution in [0.5, 0.6) is 11.5 Å². The van der Waals surface area contributed by atoms with E-state index < -0.39 is 5.60 Å². The maximum absolute atomic E-state index is 12.4. The molecule has 0 spiro atoms. The van der Waals surface area contributed by atoms with Gasteiger partial charge in [0.05, 0.1) is 5.60 Å². The summed E-state index contributed by atoms with van der Waals surface area (Å²) in [6.45, 7) is 6.38. The monoisotopic (exact) mass is 294 g/mol. The van der Waals surface area contributed by atoms with Gasteiger partial charge >= 0.3 is 0 Å². The first-order valence-corrected chi connectivity index (χ1v) is 7.03. The first kappa shape index (κ1) is 15.6. The number of hydrogen-bond donors (Lipinski definition) is 3. The molecule has 0 aliphatic carbocycles. The number of amides is 1. The molecule has 1 aromatic carbocycles. The maximum Gasteiger partial charge on any atom is 0.261 e. The lowest BCUT2D eigenvalue weighted by atomic mass is 10.1. The highest BCUT2D eigenvalue weighted by Crippen LogP contribution is 2.28. The van der Waals surface area contributed by atoms with E-state index in [1.807, 2.05) is 0 Å². The van der Waals surface area contributed by atoms with E-state index in [2.05, 4.69) is 4.90 Å². The number of benzene rings is 1. The van der Waals surface area contributed by atoms with Gasteiger partial charge < -0.3 is 20.2 Å². The highest BCUT2D eigenvalue weighted by atomic mass is 16.3. The largest absolute Gasteiger partial charge is 0.507 e. The second-order valence-corrected chi connectivity index (χ2v) is 6.05. The molecule has 6 nitrogen and oxygen atoms in total. The molecule has 0 aromatic heterocycles. The van der Waals surface area contributed by atoms with Gasteiger partial charge in [-0.2, -0.15) is 0 Å². The molecule has 1 fully saturated rings. The number of aliphatic hydroxyl groups is 1. The molecule has 1 aromatic rings. The summed E-state index contributed by atoms with van der Waals surface area (Å²) in [5.41, 5.74) is -0.810. The Morgan fingerprint density at radius 2 is 1.67 bits per heavy atom. The summed E-state index contributed by atoms with van der Waals surface area (Å²) in [6.07, 6.45) is 0. The molecular formula is C15H22N2O4. The van der Waals surface area contributed by atoms with E-state index in [1.165, 1.54) is 18.2 Å². The van der Waals surface area contributed by atoms with Gasteiger partial charge in [0.25, 0.3) is 5.91 Å². The fraction of sp³-hybridized carbons (Fsp3) is 0.533. The van der Waals surface area contributed by atoms with E-state index in [0.29, 0.717) is 32.7 Å². The van der Waals surface area contributed by atoms with Crippen LogP contribution in [0.3, 0.4) is 0 Å². The van der Waals surface area contributed by atoms with Crippen LogP contribution in [0.25, 0.3) is 0 Å². The van der Waals surface area contributed by atoms with Crippen LogP contribution in [-0.4, -0.2) is 69.4 Å². The molecule has 116 valence electrons. The topological polar surface area (TPSA) is 84.2 Å². The lowest BCUT2D eigenvalue weighted by Gasteiger charge is -2.37. The predicted molar refractivity (Wildman–Crippen MR) is 78.4 cm³/mol. The van der Waals surface area contributed by atoms with E-state index in [4.69, 9.17) is 0 Å². The Hall–Kier alpha value is -1.79. The number of phenolic OH excluding ortho intramolecular Hbond substituents is 2. The Morgan fingerprint density at radius 1 is 1.14 bits per heavy atom. The Balaban J connectivity index is 2.01. The molecule has 0 radical (unpaired) electrons. The molecule has 6 heteroatoms. The van der Waals surface area contributed by atoms with Gasteiger partial charge in [0.15, 0.2) is 0 Å². The molecule has 1 aliphatic heterocycles. The van der Waals surface area contributed by atoms with Crippen molar-refractivity contribution in [3.63, 3.8) is 0 Å². The van der Waals surface area contributed by atoms with Crippen LogP contribution in [0.1, 0.15) is 24.2 Å². The van der Waals surface area contributed by atoms with E-state index in [9.17, 15) is 20.1 Å². The average Bonchev–Trinajstić information content (AvgIpc) is 2.37. The number of β-amino-alcohol motifs (C(OH)–C–C–N with tert-alkyl or cyclic N) is 1. The van der Waals surface area contributed by atoms with Crippen LogP contribution < -0.4 is 0 Å². The average molecular weight is 294 g/mol. The molecule has 0 bridgehead atoms. The van der Waals surface area contributed by atoms with Crippen molar-refractivity contribution >= 4 is 5.91 Å². The zero-order chi connectivity index (χ0) is 15.6. The Kier molecular flexibility index (Phi) is 4.39. The van der Waals surface area contributed by atoms with Crippen LogP contribution in [0, 0.1) is 0 Å². The molecule has 2 rings (SSSR count). The van der Waals surface area contributed by atoms with Crippen molar-refractivity contribution in [2.45, 2.75) is 19.4 Å². The second-order valence-electron chi connectivity index (χ2n) is 6.05. The lowest BCUT2D eigenvalue weighted by Crippen LogP contribution is -2.52. The third kappa shape index (κ3) is 3.86. The minimum Gasteiger partial charge on any atom is -0.507 e. The summed E-state index contributed by atoms with van der Waals surface area (Å²) in [4.78, 5) is 16.1. The summed E-state index contributed by atoms with van der Waals surface area (Å²) < 4.78 is 0. The molecule has 0 saturated carbocycles. The van der Waals surface area contributed by atoms with Gasteiger partial charge in [-0.15, -0.1) is 0 Å². The van der Waals surface area contributed by atoms with E-state index >= 15 is 0 Å². The van der Waals surface area contributed by atoms with Gasteiger partial charge in [0, 0.05) is 32.7 Å². The van der Waals surface area contributed by atoms with Crippen LogP contribution in [0.15, 0.2) is 18.2 Å². The standard InChI is InChI=1S/C15H22N2O4/c1-15(2,21)10-16-6-8-17(9-7-16)14(20)13-11(18)4-3-5-12(13)19/h3-5,18-19,21H,6-10H2,1-2H3. The summed E-state index contributed by atoms with van der Waals surface area (Å²) in [6, 6.07) is 4.26. The van der Waals surface area contributed by atoms with Gasteiger partial charge in [0.1, 0.15) is 17.1 Å². The van der Waals surface area contributed by atoms with Gasteiger partial charge in [-0.3, -0.25) is 9.69 Å². The number of rotatable bonds is 3. The molecular weight excluding hydrogens is 272 g/mol. The normalized spacial score (nSPS) is 17.0. The maximum atomic E-state index is 12.4. The number of piperazine rings is 1. The van der Waals surface area contributed by atoms with Crippen molar-refractivity contribution in [2.75, 3.05) is 32.7 Å². The van der Waals surface area contributed by atoms with E-state index in [-0.39, 0.29) is 23.0 Å². The highest BCUT2D eigenvalue weighted by molar-refractivity contribution is 5.99. The van der Waals surface area contributed by atoms with Crippen molar-refractivity contribution in [3.8, 4) is 11.5 Å². The zero-order valence-electron chi connectivity index (χ0n) is 12.4. The smallest absolute Gasteiger partial charge is 0.261 e. The number of carbonyl (C=O) groups is 1. The van der Waals surface area contributed by atoms with E-state index in [1.54, 1.807) is 18.7 Å². The van der Waals surface area contributed by atoms with Crippen molar-refractivity contribution in [1.29, 1.82) is 0 Å². The molecule has 1 aliphatic rings. The van der Waals surface area contributed by atoms with Crippen molar-refractivity contribution in [1.82, 2.24) is 9.80 Å². The number of nitrogens with zero attached hydrogens (tertiary/aromatic N) is 2. The van der Waals surface area contributed by atoms with Crippen molar-refractivity contribution < 1.29 is 20.1 Å². The fourth-order valence-corrected chi connectivity index (χ4v) is 2.56. The number of hydrogen-bond acceptors (Lipinski definition) is 5. The third-order valence-electron chi connectivity index (χ3n) is 3.50. The van der Waals surface area contributed by atoms with Crippen molar-refractivity contribution in [2.24, 2.45) is 0 Å². The van der Waals surface area contributed by atoms with Gasteiger partial charge in [-0.05, 0) is 26.0 Å². The molecule has 1 amide bonds. The quantitative estimate of drug-likeness (QED) is 0.761. The van der Waals surface area contributed by atoms with E-state index in [0.717, 1.165) is 0 Å². The van der Waals surface area contributed by atoms with Crippen LogP contribution in [-0.2, 0) is 0 Å². The summed E-state index contributed by atoms with van der Waals surface area (Å²) >= 11 is 0. The first-order chi connectivity index (χ1) is 9.78. The summed E-state index contributed by atoms with van der Waals surface area (Å²) in [7, 11) is 0. The highest BCUT2D eigenvalue weighted by Gasteiger charge is 2.27. The van der Waals surface area contributed by atoms with Gasteiger partial charge in [0.2, 0.25) is 0 Å². The first-order valence-electron chi connectivity index (χ1n) is 7.03. The molecule has 0 atom stereocenters. The van der Waals surface area contributed by atoms with Gasteiger partial charge in [-0.25, -0.2) is 0 Å². The van der Waals surface area contributed by atoms with Gasteiger partial charge in [-0.1, -0.05) is 6.07 Å². The van der Waals surface area contributed by atoms with Crippen LogP contribution >= 0.6 is 0 Å². The third-order valence-corrected chi connectivity index (χ3v) is 3.50. The SMILES string of the molecule is CC(C)(O)CN1CCN(C(=O)c2c(O)cccc2O)CC1. The molecule has 3 N–H and O–H groups in total. The minimum absolute atomic E-state index is 0.0477. The summed E-state index contributed by atoms with van der Waals surface area (Å²) in [5.74, 6) is -0.786. The molecule has 0 unspecified atom stereocenters. The van der Waals surface area contributed by atoms with Crippen LogP contribution in [0.2, 0.25) is 0 Å². The zero-order valence-corrected chi connectivity index (χ0v) is 12.4. The minimum atomic E-state index is -0.762. The Bertz CT molecular complexity index is 497. The Morgan fingerprint density at radius 3 is 2.14 bits per heavy atom. The van der Waals surface area contributed by atoms with Crippen molar-refractivity contribution in [3.05, 3.63) is 23.8 Å². The predicted octanol–water partition coefficient (Wildman–Crippen LogP) is 0.627. The Labute approximate surface area is 124 Å². The van der Waals surface area contributed by atoms with Crippen LogP contribution in [0.4, 0.5) is 0 Å². The summed E-state index contributed by atoms with van der Waals surface area (Å²) in [5, 5.41) is 29.3. The lowest BCUT2D eigenvalue weighted by molar-refractivity contribution is 0.0177. The molecule has 1 heterocycles. The number of aromatic hydroxyl groups is 2. The molecule has 1 saturated heterocycles. The second kappa shape index (κ2) is 5.91. The molecule has 21 heavy (non-hydrogen) atoms. The fourth-order valence-electron chi connectivity index (χ4n) is 2.56. The number of phenols is 2. The number of carbonyl (C=O) groups excluding carboxylic acids is 1.